The van der Waals surface area contributed by atoms with E-state index in [2.05, 4.69) is 12.2 Å². The van der Waals surface area contributed by atoms with Crippen molar-refractivity contribution in [3.63, 3.8) is 0 Å². The van der Waals surface area contributed by atoms with Crippen molar-refractivity contribution in [1.29, 1.82) is 0 Å². The summed E-state index contributed by atoms with van der Waals surface area (Å²) in [5, 5.41) is 2.94. The fourth-order valence-corrected chi connectivity index (χ4v) is 1.66. The summed E-state index contributed by atoms with van der Waals surface area (Å²) in [6, 6.07) is 6.04. The molecule has 0 atom stereocenters. The topological polar surface area (TPSA) is 38.3 Å². The van der Waals surface area contributed by atoms with E-state index in [4.69, 9.17) is 4.74 Å². The molecule has 0 radical (unpaired) electrons. The molecular weight excluding hydrogens is 226 g/mol. The van der Waals surface area contributed by atoms with Crippen molar-refractivity contribution >= 4 is 11.6 Å². The lowest BCUT2D eigenvalue weighted by molar-refractivity contribution is -0.125. The number of carbonyl (C=O) groups excluding carboxylic acids is 1. The molecular formula is C15H23NO2. The highest BCUT2D eigenvalue weighted by Crippen LogP contribution is 2.21. The highest BCUT2D eigenvalue weighted by molar-refractivity contribution is 5.93. The van der Waals surface area contributed by atoms with Crippen LogP contribution in [0, 0.1) is 6.92 Å². The van der Waals surface area contributed by atoms with Gasteiger partial charge in [-0.3, -0.25) is 4.79 Å². The largest absolute Gasteiger partial charge is 0.366 e. The predicted octanol–water partition coefficient (Wildman–Crippen LogP) is 3.31. The second-order valence-electron chi connectivity index (χ2n) is 5.41. The maximum atomic E-state index is 11.8. The Balaban J connectivity index is 2.70. The third-order valence-electron chi connectivity index (χ3n) is 2.64. The number of ether oxygens (including phenoxy) is 1. The molecule has 0 aliphatic rings. The Bertz CT molecular complexity index is 419. The lowest BCUT2D eigenvalue weighted by atomic mass is 10.1. The molecule has 0 aliphatic heterocycles. The van der Waals surface area contributed by atoms with Crippen molar-refractivity contribution in [3.8, 4) is 0 Å². The highest BCUT2D eigenvalue weighted by Gasteiger charge is 2.14. The van der Waals surface area contributed by atoms with Gasteiger partial charge in [-0.15, -0.1) is 0 Å². The Morgan fingerprint density at radius 3 is 2.56 bits per heavy atom. The van der Waals surface area contributed by atoms with Crippen LogP contribution in [0.3, 0.4) is 0 Å². The molecule has 0 aliphatic carbocycles. The first-order valence-corrected chi connectivity index (χ1v) is 6.36. The van der Waals surface area contributed by atoms with Crippen LogP contribution in [0.15, 0.2) is 18.2 Å². The molecule has 1 aromatic carbocycles. The molecule has 0 spiro atoms. The number of aryl methyl sites for hydroxylation is 2. The Morgan fingerprint density at radius 1 is 1.33 bits per heavy atom. The minimum absolute atomic E-state index is 0.0843. The molecule has 0 saturated carbocycles. The van der Waals surface area contributed by atoms with E-state index in [1.54, 1.807) is 0 Å². The Hall–Kier alpha value is -1.35. The van der Waals surface area contributed by atoms with Crippen LogP contribution in [0.1, 0.15) is 38.8 Å². The van der Waals surface area contributed by atoms with Gasteiger partial charge in [0.1, 0.15) is 6.61 Å². The van der Waals surface area contributed by atoms with Gasteiger partial charge < -0.3 is 10.1 Å². The Kier molecular flexibility index (Phi) is 4.91. The SMILES string of the molecule is CCc1cccc(C)c1NC(=O)COC(C)(C)C. The molecule has 100 valence electrons. The third-order valence-corrected chi connectivity index (χ3v) is 2.64. The van der Waals surface area contributed by atoms with Gasteiger partial charge in [-0.1, -0.05) is 25.1 Å². The highest BCUT2D eigenvalue weighted by atomic mass is 16.5. The Morgan fingerprint density at radius 2 is 2.00 bits per heavy atom. The second kappa shape index (κ2) is 6.01. The average molecular weight is 249 g/mol. The average Bonchev–Trinajstić information content (AvgIpc) is 2.28. The summed E-state index contributed by atoms with van der Waals surface area (Å²) < 4.78 is 5.46. The number of para-hydroxylation sites is 1. The first-order chi connectivity index (χ1) is 8.33. The van der Waals surface area contributed by atoms with E-state index in [1.165, 1.54) is 0 Å². The molecule has 0 bridgehead atoms. The molecule has 1 N–H and O–H groups in total. The van der Waals surface area contributed by atoms with E-state index < -0.39 is 0 Å². The smallest absolute Gasteiger partial charge is 0.250 e. The summed E-state index contributed by atoms with van der Waals surface area (Å²) in [5.41, 5.74) is 2.86. The number of anilines is 1. The minimum atomic E-state index is -0.295. The third kappa shape index (κ3) is 4.49. The molecule has 0 saturated heterocycles. The van der Waals surface area contributed by atoms with E-state index in [0.29, 0.717) is 0 Å². The van der Waals surface area contributed by atoms with Gasteiger partial charge in [0.25, 0.3) is 0 Å². The summed E-state index contributed by atoms with van der Waals surface area (Å²) in [4.78, 5) is 11.8. The van der Waals surface area contributed by atoms with Crippen molar-refractivity contribution in [3.05, 3.63) is 29.3 Å². The quantitative estimate of drug-likeness (QED) is 0.889. The molecule has 1 amide bonds. The van der Waals surface area contributed by atoms with Crippen LogP contribution < -0.4 is 5.32 Å². The van der Waals surface area contributed by atoms with Gasteiger partial charge >= 0.3 is 0 Å². The lowest BCUT2D eigenvalue weighted by Gasteiger charge is -2.20. The van der Waals surface area contributed by atoms with Crippen LogP contribution >= 0.6 is 0 Å². The molecule has 1 rings (SSSR count). The van der Waals surface area contributed by atoms with Crippen LogP contribution in [0.2, 0.25) is 0 Å². The second-order valence-corrected chi connectivity index (χ2v) is 5.41. The van der Waals surface area contributed by atoms with Gasteiger partial charge in [-0.25, -0.2) is 0 Å². The van der Waals surface area contributed by atoms with E-state index in [1.807, 2.05) is 45.9 Å². The van der Waals surface area contributed by atoms with Crippen LogP contribution in [-0.4, -0.2) is 18.1 Å². The van der Waals surface area contributed by atoms with Gasteiger partial charge in [0.05, 0.1) is 5.60 Å². The standard InChI is InChI=1S/C15H23NO2/c1-6-12-9-7-8-11(2)14(12)16-13(17)10-18-15(3,4)5/h7-9H,6,10H2,1-5H3,(H,16,17). The molecule has 3 nitrogen and oxygen atoms in total. The van der Waals surface area contributed by atoms with E-state index in [-0.39, 0.29) is 18.1 Å². The fraction of sp³-hybridized carbons (Fsp3) is 0.533. The number of nitrogens with one attached hydrogen (secondary N) is 1. The molecule has 1 aromatic rings. The number of benzene rings is 1. The Labute approximate surface area is 110 Å². The first-order valence-electron chi connectivity index (χ1n) is 6.36. The number of carbonyl (C=O) groups is 1. The zero-order chi connectivity index (χ0) is 13.8. The minimum Gasteiger partial charge on any atom is -0.366 e. The van der Waals surface area contributed by atoms with E-state index in [9.17, 15) is 4.79 Å². The summed E-state index contributed by atoms with van der Waals surface area (Å²) >= 11 is 0. The van der Waals surface area contributed by atoms with Crippen LogP contribution in [0.25, 0.3) is 0 Å². The maximum Gasteiger partial charge on any atom is 0.250 e. The van der Waals surface area contributed by atoms with E-state index >= 15 is 0 Å². The zero-order valence-corrected chi connectivity index (χ0v) is 12.0. The van der Waals surface area contributed by atoms with Crippen LogP contribution in [0.4, 0.5) is 5.69 Å². The van der Waals surface area contributed by atoms with Crippen LogP contribution in [-0.2, 0) is 16.0 Å². The van der Waals surface area contributed by atoms with Crippen molar-refractivity contribution in [1.82, 2.24) is 0 Å². The lowest BCUT2D eigenvalue weighted by Crippen LogP contribution is -2.27. The van der Waals surface area contributed by atoms with Gasteiger partial charge in [-0.05, 0) is 45.2 Å². The first kappa shape index (κ1) is 14.7. The number of hydrogen-bond donors (Lipinski definition) is 1. The molecule has 18 heavy (non-hydrogen) atoms. The number of rotatable bonds is 4. The van der Waals surface area contributed by atoms with Crippen molar-refractivity contribution in [2.75, 3.05) is 11.9 Å². The normalized spacial score (nSPS) is 11.4. The summed E-state index contributed by atoms with van der Waals surface area (Å²) in [7, 11) is 0. The zero-order valence-electron chi connectivity index (χ0n) is 12.0. The molecule has 0 aromatic heterocycles. The summed E-state index contributed by atoms with van der Waals surface area (Å²) in [5.74, 6) is -0.103. The summed E-state index contributed by atoms with van der Waals surface area (Å²) in [6.45, 7) is 9.97. The van der Waals surface area contributed by atoms with Gasteiger partial charge in [0.2, 0.25) is 5.91 Å². The number of amides is 1. The van der Waals surface area contributed by atoms with Crippen molar-refractivity contribution in [2.24, 2.45) is 0 Å². The van der Waals surface area contributed by atoms with E-state index in [0.717, 1.165) is 23.2 Å². The number of hydrogen-bond acceptors (Lipinski definition) is 2. The molecule has 0 fully saturated rings. The fourth-order valence-electron chi connectivity index (χ4n) is 1.66. The van der Waals surface area contributed by atoms with Gasteiger partial charge in [0, 0.05) is 5.69 Å². The molecule has 3 heteroatoms. The van der Waals surface area contributed by atoms with Crippen molar-refractivity contribution < 1.29 is 9.53 Å². The monoisotopic (exact) mass is 249 g/mol. The molecule has 0 unspecified atom stereocenters. The predicted molar refractivity (Wildman–Crippen MR) is 74.9 cm³/mol. The van der Waals surface area contributed by atoms with Gasteiger partial charge in [-0.2, -0.15) is 0 Å². The maximum absolute atomic E-state index is 11.8. The van der Waals surface area contributed by atoms with Crippen molar-refractivity contribution in [2.45, 2.75) is 46.6 Å². The summed E-state index contributed by atoms with van der Waals surface area (Å²) in [6.07, 6.45) is 0.900. The molecule has 0 heterocycles. The van der Waals surface area contributed by atoms with Gasteiger partial charge in [0.15, 0.2) is 0 Å². The van der Waals surface area contributed by atoms with Crippen LogP contribution in [0.5, 0.6) is 0 Å².